The predicted octanol–water partition coefficient (Wildman–Crippen LogP) is 4.23. The van der Waals surface area contributed by atoms with Crippen molar-refractivity contribution in [2.45, 2.75) is 19.9 Å². The van der Waals surface area contributed by atoms with Crippen molar-refractivity contribution in [2.24, 2.45) is 0 Å². The quantitative estimate of drug-likeness (QED) is 0.406. The van der Waals surface area contributed by atoms with Crippen LogP contribution in [0.25, 0.3) is 0 Å². The first-order chi connectivity index (χ1) is 16.0. The average molecular weight is 446 g/mol. The van der Waals surface area contributed by atoms with E-state index in [0.717, 1.165) is 12.0 Å². The van der Waals surface area contributed by atoms with Crippen LogP contribution in [0.4, 0.5) is 11.4 Å². The SMILES string of the molecule is CCCOC(=O)c1ccc(NCC(=O)Nc2cccc(C(=O)NCc3ccccc3)c2)cc1. The summed E-state index contributed by atoms with van der Waals surface area (Å²) in [4.78, 5) is 36.6. The van der Waals surface area contributed by atoms with E-state index in [1.807, 2.05) is 37.3 Å². The molecular weight excluding hydrogens is 418 g/mol. The fraction of sp³-hybridized carbons (Fsp3) is 0.192. The normalized spacial score (nSPS) is 10.2. The Labute approximate surface area is 193 Å². The van der Waals surface area contributed by atoms with Crippen molar-refractivity contribution >= 4 is 29.2 Å². The molecule has 33 heavy (non-hydrogen) atoms. The molecule has 2 amide bonds. The second-order valence-electron chi connectivity index (χ2n) is 7.36. The molecule has 0 fully saturated rings. The number of carbonyl (C=O) groups is 3. The summed E-state index contributed by atoms with van der Waals surface area (Å²) < 4.78 is 5.09. The molecule has 7 heteroatoms. The molecule has 7 nitrogen and oxygen atoms in total. The lowest BCUT2D eigenvalue weighted by atomic mass is 10.1. The molecule has 0 spiro atoms. The molecule has 3 rings (SSSR count). The fourth-order valence-electron chi connectivity index (χ4n) is 3.01. The number of hydrogen-bond acceptors (Lipinski definition) is 5. The number of benzene rings is 3. The van der Waals surface area contributed by atoms with Gasteiger partial charge < -0.3 is 20.7 Å². The van der Waals surface area contributed by atoms with Crippen LogP contribution in [-0.2, 0) is 16.1 Å². The minimum absolute atomic E-state index is 0.0318. The van der Waals surface area contributed by atoms with Gasteiger partial charge in [0.15, 0.2) is 0 Å². The van der Waals surface area contributed by atoms with Crippen LogP contribution >= 0.6 is 0 Å². The van der Waals surface area contributed by atoms with Crippen LogP contribution in [0.3, 0.4) is 0 Å². The predicted molar refractivity (Wildman–Crippen MR) is 128 cm³/mol. The second kappa shape index (κ2) is 12.0. The molecule has 0 aliphatic heterocycles. The van der Waals surface area contributed by atoms with Gasteiger partial charge in [-0.05, 0) is 54.4 Å². The Morgan fingerprint density at radius 2 is 1.58 bits per heavy atom. The molecule has 0 radical (unpaired) electrons. The van der Waals surface area contributed by atoms with E-state index in [-0.39, 0.29) is 24.3 Å². The number of rotatable bonds is 10. The van der Waals surface area contributed by atoms with E-state index in [2.05, 4.69) is 16.0 Å². The van der Waals surface area contributed by atoms with Gasteiger partial charge in [-0.15, -0.1) is 0 Å². The molecule has 0 atom stereocenters. The first-order valence-corrected chi connectivity index (χ1v) is 10.8. The number of amides is 2. The number of ether oxygens (including phenoxy) is 1. The van der Waals surface area contributed by atoms with Crippen LogP contribution in [0.1, 0.15) is 39.6 Å². The van der Waals surface area contributed by atoms with Gasteiger partial charge in [0.05, 0.1) is 18.7 Å². The Kier molecular flexibility index (Phi) is 8.59. The zero-order valence-electron chi connectivity index (χ0n) is 18.5. The molecule has 3 aromatic carbocycles. The van der Waals surface area contributed by atoms with Gasteiger partial charge in [-0.3, -0.25) is 9.59 Å². The minimum atomic E-state index is -0.367. The van der Waals surface area contributed by atoms with Crippen molar-refractivity contribution in [3.8, 4) is 0 Å². The van der Waals surface area contributed by atoms with Crippen LogP contribution in [-0.4, -0.2) is 30.9 Å². The van der Waals surface area contributed by atoms with Gasteiger partial charge in [0.1, 0.15) is 0 Å². The molecule has 0 heterocycles. The third kappa shape index (κ3) is 7.50. The van der Waals surface area contributed by atoms with Gasteiger partial charge >= 0.3 is 5.97 Å². The van der Waals surface area contributed by atoms with Crippen LogP contribution in [0.15, 0.2) is 78.9 Å². The lowest BCUT2D eigenvalue weighted by molar-refractivity contribution is -0.114. The Hall–Kier alpha value is -4.13. The lowest BCUT2D eigenvalue weighted by Crippen LogP contribution is -2.24. The zero-order valence-corrected chi connectivity index (χ0v) is 18.5. The highest BCUT2D eigenvalue weighted by Crippen LogP contribution is 2.13. The lowest BCUT2D eigenvalue weighted by Gasteiger charge is -2.10. The third-order valence-electron chi connectivity index (χ3n) is 4.72. The standard InChI is InChI=1S/C26H27N3O4/c1-2-15-33-26(32)20-11-13-22(14-12-20)27-18-24(30)29-23-10-6-9-21(16-23)25(31)28-17-19-7-4-3-5-8-19/h3-14,16,27H,2,15,17-18H2,1H3,(H,28,31)(H,29,30). The molecular formula is C26H27N3O4. The highest BCUT2D eigenvalue weighted by Gasteiger charge is 2.09. The minimum Gasteiger partial charge on any atom is -0.462 e. The van der Waals surface area contributed by atoms with Crippen molar-refractivity contribution in [3.63, 3.8) is 0 Å². The third-order valence-corrected chi connectivity index (χ3v) is 4.72. The number of nitrogens with one attached hydrogen (secondary N) is 3. The van der Waals surface area contributed by atoms with Crippen LogP contribution in [0.5, 0.6) is 0 Å². The molecule has 3 aromatic rings. The summed E-state index contributed by atoms with van der Waals surface area (Å²) in [5.74, 6) is -0.845. The number of anilines is 2. The monoisotopic (exact) mass is 445 g/mol. The highest BCUT2D eigenvalue weighted by molar-refractivity contribution is 5.98. The second-order valence-corrected chi connectivity index (χ2v) is 7.36. The largest absolute Gasteiger partial charge is 0.462 e. The smallest absolute Gasteiger partial charge is 0.338 e. The topological polar surface area (TPSA) is 96.5 Å². The molecule has 170 valence electrons. The first kappa shape index (κ1) is 23.5. The van der Waals surface area contributed by atoms with Crippen molar-refractivity contribution < 1.29 is 19.1 Å². The maximum Gasteiger partial charge on any atom is 0.338 e. The van der Waals surface area contributed by atoms with E-state index in [0.29, 0.717) is 35.7 Å². The fourth-order valence-corrected chi connectivity index (χ4v) is 3.01. The van der Waals surface area contributed by atoms with E-state index in [9.17, 15) is 14.4 Å². The Morgan fingerprint density at radius 1 is 0.818 bits per heavy atom. The zero-order chi connectivity index (χ0) is 23.5. The summed E-state index contributed by atoms with van der Waals surface area (Å²) in [5, 5.41) is 8.65. The number of hydrogen-bond donors (Lipinski definition) is 3. The molecule has 0 saturated carbocycles. The maximum absolute atomic E-state index is 12.4. The summed E-state index contributed by atoms with van der Waals surface area (Å²) >= 11 is 0. The summed E-state index contributed by atoms with van der Waals surface area (Å²) in [6, 6.07) is 23.1. The van der Waals surface area contributed by atoms with Gasteiger partial charge in [-0.2, -0.15) is 0 Å². The summed E-state index contributed by atoms with van der Waals surface area (Å²) in [6.45, 7) is 2.77. The van der Waals surface area contributed by atoms with Crippen molar-refractivity contribution in [3.05, 3.63) is 95.6 Å². The Morgan fingerprint density at radius 3 is 2.30 bits per heavy atom. The average Bonchev–Trinajstić information content (AvgIpc) is 2.85. The summed E-state index contributed by atoms with van der Waals surface area (Å²) in [6.07, 6.45) is 0.766. The van der Waals surface area contributed by atoms with Crippen molar-refractivity contribution in [2.75, 3.05) is 23.8 Å². The van der Waals surface area contributed by atoms with E-state index in [1.165, 1.54) is 0 Å². The summed E-state index contributed by atoms with van der Waals surface area (Å²) in [7, 11) is 0. The number of esters is 1. The van der Waals surface area contributed by atoms with Crippen LogP contribution in [0, 0.1) is 0 Å². The molecule has 3 N–H and O–H groups in total. The molecule has 0 aliphatic rings. The Bertz CT molecular complexity index is 1080. The van der Waals surface area contributed by atoms with Gasteiger partial charge in [0.2, 0.25) is 5.91 Å². The van der Waals surface area contributed by atoms with Crippen molar-refractivity contribution in [1.29, 1.82) is 0 Å². The van der Waals surface area contributed by atoms with Crippen LogP contribution in [0.2, 0.25) is 0 Å². The summed E-state index contributed by atoms with van der Waals surface area (Å²) in [5.41, 5.74) is 3.16. The van der Waals surface area contributed by atoms with Gasteiger partial charge in [0, 0.05) is 23.5 Å². The van der Waals surface area contributed by atoms with E-state index in [4.69, 9.17) is 4.74 Å². The van der Waals surface area contributed by atoms with Crippen LogP contribution < -0.4 is 16.0 Å². The molecule has 0 saturated heterocycles. The molecule has 0 unspecified atom stereocenters. The van der Waals surface area contributed by atoms with E-state index in [1.54, 1.807) is 48.5 Å². The molecule has 0 bridgehead atoms. The highest BCUT2D eigenvalue weighted by atomic mass is 16.5. The maximum atomic E-state index is 12.4. The first-order valence-electron chi connectivity index (χ1n) is 10.8. The molecule has 0 aromatic heterocycles. The Balaban J connectivity index is 1.48. The van der Waals surface area contributed by atoms with Gasteiger partial charge in [-0.1, -0.05) is 43.3 Å². The molecule has 0 aliphatic carbocycles. The van der Waals surface area contributed by atoms with Gasteiger partial charge in [-0.25, -0.2) is 4.79 Å². The van der Waals surface area contributed by atoms with E-state index >= 15 is 0 Å². The van der Waals surface area contributed by atoms with Gasteiger partial charge in [0.25, 0.3) is 5.91 Å². The van der Waals surface area contributed by atoms with Crippen molar-refractivity contribution in [1.82, 2.24) is 5.32 Å². The van der Waals surface area contributed by atoms with E-state index < -0.39 is 0 Å². The number of carbonyl (C=O) groups excluding carboxylic acids is 3.